The number of hydrogen-bond acceptors (Lipinski definition) is 7. The molecule has 9 heteroatoms. The predicted octanol–water partition coefficient (Wildman–Crippen LogP) is 4.43. The van der Waals surface area contributed by atoms with E-state index in [0.717, 1.165) is 25.7 Å². The molecular formula is C30H47N3O6. The largest absolute Gasteiger partial charge is 0.387 e. The van der Waals surface area contributed by atoms with E-state index >= 15 is 0 Å². The van der Waals surface area contributed by atoms with Crippen molar-refractivity contribution in [1.29, 1.82) is 0 Å². The van der Waals surface area contributed by atoms with Crippen LogP contribution in [-0.2, 0) is 14.3 Å². The first-order valence-electron chi connectivity index (χ1n) is 13.7. The number of aliphatic hydroxyl groups is 1. The quantitative estimate of drug-likeness (QED) is 0.248. The molecule has 4 atom stereocenters. The topological polar surface area (TPSA) is 106 Å². The van der Waals surface area contributed by atoms with Gasteiger partial charge in [0.15, 0.2) is 6.23 Å². The van der Waals surface area contributed by atoms with Crippen molar-refractivity contribution >= 4 is 0 Å². The minimum absolute atomic E-state index is 0.0743. The van der Waals surface area contributed by atoms with Crippen molar-refractivity contribution in [1.82, 2.24) is 14.6 Å². The molecule has 1 aliphatic heterocycles. The Balaban J connectivity index is 2.10. The number of hydroxylamine groups is 2. The smallest absolute Gasteiger partial charge is 0.330 e. The predicted molar refractivity (Wildman–Crippen MR) is 154 cm³/mol. The molecule has 0 spiro atoms. The van der Waals surface area contributed by atoms with Gasteiger partial charge >= 0.3 is 5.69 Å². The molecule has 1 fully saturated rings. The minimum atomic E-state index is -1.02. The Labute approximate surface area is 232 Å². The number of nitrogens with one attached hydrogen (secondary N) is 1. The summed E-state index contributed by atoms with van der Waals surface area (Å²) in [6, 6.07) is 1.23. The van der Waals surface area contributed by atoms with Crippen LogP contribution in [0.4, 0.5) is 0 Å². The molecule has 1 aromatic heterocycles. The molecule has 2 N–H and O–H groups in total. The molecule has 39 heavy (non-hydrogen) atoms. The Morgan fingerprint density at radius 3 is 2.05 bits per heavy atom. The lowest BCUT2D eigenvalue weighted by atomic mass is 10.1. The summed E-state index contributed by atoms with van der Waals surface area (Å²) >= 11 is 0. The van der Waals surface area contributed by atoms with E-state index in [4.69, 9.17) is 14.3 Å². The number of hydrogen-bond donors (Lipinski definition) is 2. The zero-order valence-electron chi connectivity index (χ0n) is 24.6. The summed E-state index contributed by atoms with van der Waals surface area (Å²) in [5.41, 5.74) is 4.04. The van der Waals surface area contributed by atoms with Crippen LogP contribution in [0.5, 0.6) is 0 Å². The third-order valence-corrected chi connectivity index (χ3v) is 6.60. The van der Waals surface area contributed by atoms with Crippen molar-refractivity contribution < 1.29 is 19.4 Å². The van der Waals surface area contributed by atoms with Crippen LogP contribution in [0.15, 0.2) is 68.4 Å². The van der Waals surface area contributed by atoms with Crippen LogP contribution >= 0.6 is 0 Å². The van der Waals surface area contributed by atoms with Gasteiger partial charge in [0.2, 0.25) is 0 Å². The molecule has 0 bridgehead atoms. The molecule has 0 amide bonds. The van der Waals surface area contributed by atoms with E-state index in [9.17, 15) is 14.7 Å². The van der Waals surface area contributed by atoms with Crippen LogP contribution in [0.3, 0.4) is 0 Å². The van der Waals surface area contributed by atoms with Crippen molar-refractivity contribution in [2.24, 2.45) is 0 Å². The van der Waals surface area contributed by atoms with Gasteiger partial charge in [0.25, 0.3) is 5.56 Å². The fraction of sp³-hybridized carbons (Fsp3) is 0.600. The maximum atomic E-state index is 12.3. The molecule has 0 aliphatic carbocycles. The number of aromatic nitrogens is 2. The summed E-state index contributed by atoms with van der Waals surface area (Å²) in [5, 5.41) is 12.7. The zero-order valence-corrected chi connectivity index (χ0v) is 24.6. The fourth-order valence-corrected chi connectivity index (χ4v) is 4.22. The van der Waals surface area contributed by atoms with E-state index in [1.807, 2.05) is 5.06 Å². The molecule has 1 aromatic rings. The Morgan fingerprint density at radius 1 is 1.00 bits per heavy atom. The van der Waals surface area contributed by atoms with Gasteiger partial charge in [0.1, 0.15) is 18.3 Å². The highest BCUT2D eigenvalue weighted by Crippen LogP contribution is 2.30. The van der Waals surface area contributed by atoms with E-state index < -0.39 is 35.8 Å². The third kappa shape index (κ3) is 11.2. The number of allylic oxidation sites excluding steroid dienone is 6. The molecule has 0 saturated carbocycles. The van der Waals surface area contributed by atoms with Gasteiger partial charge in [-0.05, 0) is 67.2 Å². The summed E-state index contributed by atoms with van der Waals surface area (Å²) in [7, 11) is 1.45. The van der Waals surface area contributed by atoms with Gasteiger partial charge in [0, 0.05) is 32.5 Å². The van der Waals surface area contributed by atoms with Gasteiger partial charge in [-0.25, -0.2) is 4.79 Å². The highest BCUT2D eigenvalue weighted by atomic mass is 16.7. The number of H-pyrrole nitrogens is 1. The fourth-order valence-electron chi connectivity index (χ4n) is 4.22. The maximum absolute atomic E-state index is 12.3. The first kappa shape index (κ1) is 32.7. The molecule has 1 aliphatic rings. The van der Waals surface area contributed by atoms with E-state index in [-0.39, 0.29) is 6.61 Å². The normalized spacial score (nSPS) is 21.9. The molecule has 0 aromatic carbocycles. The van der Waals surface area contributed by atoms with E-state index in [1.54, 1.807) is 0 Å². The highest BCUT2D eigenvalue weighted by molar-refractivity contribution is 5.05. The van der Waals surface area contributed by atoms with Crippen molar-refractivity contribution in [3.8, 4) is 0 Å². The summed E-state index contributed by atoms with van der Waals surface area (Å²) in [5.74, 6) is 0. The lowest BCUT2D eigenvalue weighted by molar-refractivity contribution is -0.182. The van der Waals surface area contributed by atoms with E-state index in [0.29, 0.717) is 13.1 Å². The Bertz CT molecular complexity index is 1100. The maximum Gasteiger partial charge on any atom is 0.330 e. The van der Waals surface area contributed by atoms with E-state index in [2.05, 4.69) is 70.8 Å². The number of nitrogens with zero attached hydrogens (tertiary/aromatic N) is 2. The lowest BCUT2D eigenvalue weighted by Gasteiger charge is -2.23. The van der Waals surface area contributed by atoms with Crippen LogP contribution in [0.2, 0.25) is 0 Å². The van der Waals surface area contributed by atoms with Gasteiger partial charge in [-0.15, -0.1) is 0 Å². The van der Waals surface area contributed by atoms with Crippen LogP contribution in [0.1, 0.15) is 73.5 Å². The van der Waals surface area contributed by atoms with Gasteiger partial charge in [-0.1, -0.05) is 46.6 Å². The molecule has 1 saturated heterocycles. The molecular weight excluding hydrogens is 498 g/mol. The molecule has 1 unspecified atom stereocenters. The second kappa shape index (κ2) is 16.5. The van der Waals surface area contributed by atoms with Gasteiger partial charge in [-0.2, -0.15) is 5.06 Å². The van der Waals surface area contributed by atoms with Crippen LogP contribution < -0.4 is 11.2 Å². The Morgan fingerprint density at radius 2 is 1.56 bits per heavy atom. The summed E-state index contributed by atoms with van der Waals surface area (Å²) in [6.07, 6.45) is 10.6. The zero-order chi connectivity index (χ0) is 28.9. The average Bonchev–Trinajstić information content (AvgIpc) is 3.17. The first-order chi connectivity index (χ1) is 18.5. The first-order valence-corrected chi connectivity index (χ1v) is 13.7. The molecule has 2 heterocycles. The Kier molecular flexibility index (Phi) is 13.8. The van der Waals surface area contributed by atoms with Crippen molar-refractivity contribution in [2.45, 2.75) is 91.8 Å². The standard InChI is InChI=1S/C30H47N3O6/c1-21(2)10-8-12-23(5)14-17-32(18-15-24(6)13-9-11-22(3)4)38-20-25-27(35)28(37-7)29(39-25)33-19-16-26(34)31-30(33)36/h10-11,14-16,19,25,27-29,35H,8-9,12-13,17-18,20H2,1-7H3,(H,31,34,36)/b23-14+,24-15+/t25-,27?,28+,29-/m1/s1. The van der Waals surface area contributed by atoms with Gasteiger partial charge < -0.3 is 14.6 Å². The van der Waals surface area contributed by atoms with Gasteiger partial charge in [-0.3, -0.25) is 19.2 Å². The Hall–Kier alpha value is -2.56. The van der Waals surface area contributed by atoms with Crippen molar-refractivity contribution in [2.75, 3.05) is 26.8 Å². The number of aromatic amines is 1. The van der Waals surface area contributed by atoms with E-state index in [1.165, 1.54) is 46.2 Å². The summed E-state index contributed by atoms with van der Waals surface area (Å²) < 4.78 is 12.7. The molecule has 218 valence electrons. The minimum Gasteiger partial charge on any atom is -0.387 e. The monoisotopic (exact) mass is 545 g/mol. The molecule has 2 rings (SSSR count). The van der Waals surface area contributed by atoms with Crippen LogP contribution in [0.25, 0.3) is 0 Å². The SMILES string of the molecule is CO[C@H]1C(O)[C@@H](CON(C/C=C(\C)CCC=C(C)C)C/C=C(\C)CCC=C(C)C)O[C@H]1n1ccc(=O)[nH]c1=O. The summed E-state index contributed by atoms with van der Waals surface area (Å²) in [6.45, 7) is 13.9. The molecule has 0 radical (unpaired) electrons. The van der Waals surface area contributed by atoms with Crippen molar-refractivity contribution in [3.63, 3.8) is 0 Å². The van der Waals surface area contributed by atoms with Crippen LogP contribution in [-0.4, -0.2) is 64.8 Å². The van der Waals surface area contributed by atoms with Gasteiger partial charge in [0.05, 0.1) is 6.61 Å². The lowest BCUT2D eigenvalue weighted by Crippen LogP contribution is -2.39. The number of rotatable bonds is 15. The number of methoxy groups -OCH3 is 1. The molecule has 9 nitrogen and oxygen atoms in total. The number of aliphatic hydroxyl groups excluding tert-OH is 1. The second-order valence-corrected chi connectivity index (χ2v) is 10.7. The second-order valence-electron chi connectivity index (χ2n) is 10.7. The third-order valence-electron chi connectivity index (χ3n) is 6.60. The van der Waals surface area contributed by atoms with Crippen LogP contribution in [0, 0.1) is 0 Å². The summed E-state index contributed by atoms with van der Waals surface area (Å²) in [4.78, 5) is 32.2. The average molecular weight is 546 g/mol. The van der Waals surface area contributed by atoms with Crippen molar-refractivity contribution in [3.05, 3.63) is 79.7 Å². The number of ether oxygens (including phenoxy) is 2. The highest BCUT2D eigenvalue weighted by Gasteiger charge is 2.45.